The van der Waals surface area contributed by atoms with Gasteiger partial charge in [-0.2, -0.15) is 0 Å². The number of aromatic nitrogens is 4. The maximum absolute atomic E-state index is 2.53. The molecule has 0 amide bonds. The lowest BCUT2D eigenvalue weighted by Crippen LogP contribution is -2.28. The molecule has 0 aliphatic heterocycles. The van der Waals surface area contributed by atoms with Gasteiger partial charge in [-0.25, -0.2) is 0 Å². The normalized spacial score (nSPS) is 13.0. The third-order valence-electron chi connectivity index (χ3n) is 27.3. The van der Waals surface area contributed by atoms with E-state index in [1.165, 1.54) is 215 Å². The Balaban J connectivity index is 0.000000138. The van der Waals surface area contributed by atoms with Crippen molar-refractivity contribution >= 4 is 109 Å². The highest BCUT2D eigenvalue weighted by Crippen LogP contribution is 2.59. The third-order valence-corrected chi connectivity index (χ3v) is 27.3. The first-order valence-corrected chi connectivity index (χ1v) is 43.2. The molecule has 0 saturated heterocycles. The monoisotopic (exact) mass is 1580 g/mol. The van der Waals surface area contributed by atoms with Gasteiger partial charge in [-0.3, -0.25) is 0 Å². The summed E-state index contributed by atoms with van der Waals surface area (Å²) in [5.41, 5.74) is 36.6. The van der Waals surface area contributed by atoms with Crippen LogP contribution in [-0.4, -0.2) is 18.3 Å². The predicted octanol–water partition coefficient (Wildman–Crippen LogP) is 31.4. The Hall–Kier alpha value is -15.9. The maximum Gasteiger partial charge on any atom is 0.0714 e. The fourth-order valence-electron chi connectivity index (χ4n) is 21.5. The van der Waals surface area contributed by atoms with Gasteiger partial charge in [0, 0.05) is 76.8 Å². The summed E-state index contributed by atoms with van der Waals surface area (Å²) in [5.74, 6) is 0. The van der Waals surface area contributed by atoms with Crippen LogP contribution >= 0.6 is 0 Å². The molecule has 26 rings (SSSR count). The molecule has 20 aromatic carbocycles. The van der Waals surface area contributed by atoms with E-state index < -0.39 is 5.41 Å². The first-order valence-electron chi connectivity index (χ1n) is 43.2. The van der Waals surface area contributed by atoms with E-state index in [4.69, 9.17) is 0 Å². The van der Waals surface area contributed by atoms with Crippen LogP contribution in [0.4, 0.5) is 0 Å². The molecule has 0 radical (unpaired) electrons. The van der Waals surface area contributed by atoms with Gasteiger partial charge in [-0.05, 0) is 237 Å². The Morgan fingerprint density at radius 2 is 0.532 bits per heavy atom. The lowest BCUT2D eigenvalue weighted by Gasteiger charge is -2.34. The molecule has 2 aliphatic carbocycles. The van der Waals surface area contributed by atoms with Gasteiger partial charge in [0.2, 0.25) is 0 Å². The zero-order valence-electron chi connectivity index (χ0n) is 68.5. The van der Waals surface area contributed by atoms with Crippen molar-refractivity contribution in [1.29, 1.82) is 0 Å². The van der Waals surface area contributed by atoms with Gasteiger partial charge in [0.15, 0.2) is 0 Å². The van der Waals surface area contributed by atoms with Gasteiger partial charge in [-0.15, -0.1) is 0 Å². The van der Waals surface area contributed by atoms with E-state index in [-0.39, 0.29) is 5.41 Å². The summed E-state index contributed by atoms with van der Waals surface area (Å²) >= 11 is 0. The molecular formula is C120H80N4. The van der Waals surface area contributed by atoms with Gasteiger partial charge in [0.1, 0.15) is 0 Å². The number of hydrogen-bond donors (Lipinski definition) is 0. The molecule has 0 atom stereocenters. The van der Waals surface area contributed by atoms with Crippen molar-refractivity contribution in [2.24, 2.45) is 0 Å². The minimum Gasteiger partial charge on any atom is -0.309 e. The number of benzene rings is 20. The molecule has 0 spiro atoms. The maximum atomic E-state index is 2.53. The highest BCUT2D eigenvalue weighted by molar-refractivity contribution is 6.19. The first kappa shape index (κ1) is 71.1. The van der Waals surface area contributed by atoms with E-state index in [0.29, 0.717) is 0 Å². The Morgan fingerprint density at radius 1 is 0.177 bits per heavy atom. The summed E-state index contributed by atoms with van der Waals surface area (Å²) in [6.45, 7) is 4.75. The quantitative estimate of drug-likeness (QED) is 0.130. The van der Waals surface area contributed by atoms with Gasteiger partial charge in [0.25, 0.3) is 0 Å². The van der Waals surface area contributed by atoms with Crippen molar-refractivity contribution in [3.05, 3.63) is 482 Å². The van der Waals surface area contributed by atoms with Gasteiger partial charge in [0.05, 0.1) is 49.5 Å². The van der Waals surface area contributed by atoms with Crippen molar-refractivity contribution in [1.82, 2.24) is 18.3 Å². The number of rotatable bonds is 10. The van der Waals surface area contributed by atoms with Crippen LogP contribution in [0.5, 0.6) is 0 Å². The molecular weight excluding hydrogens is 1500 g/mol. The molecule has 0 fully saturated rings. The topological polar surface area (TPSA) is 19.7 Å². The minimum absolute atomic E-state index is 0.0888. The highest BCUT2D eigenvalue weighted by Gasteiger charge is 2.47. The fraction of sp³-hybridized carbons (Fsp3) is 0.0333. The van der Waals surface area contributed by atoms with E-state index in [2.05, 4.69) is 481 Å². The second-order valence-corrected chi connectivity index (χ2v) is 34.2. The summed E-state index contributed by atoms with van der Waals surface area (Å²) in [7, 11) is 0. The van der Waals surface area contributed by atoms with Crippen LogP contribution in [0.2, 0.25) is 0 Å². The predicted molar refractivity (Wildman–Crippen MR) is 522 cm³/mol. The Labute approximate surface area is 718 Å². The molecule has 2 aliphatic rings. The fourth-order valence-corrected chi connectivity index (χ4v) is 21.5. The minimum atomic E-state index is -0.503. The smallest absolute Gasteiger partial charge is 0.0714 e. The van der Waals surface area contributed by atoms with E-state index in [0.717, 1.165) is 17.1 Å². The Kier molecular flexibility index (Phi) is 16.0. The first-order chi connectivity index (χ1) is 61.2. The Morgan fingerprint density at radius 3 is 1.04 bits per heavy atom. The number of nitrogens with zero attached hydrogens (tertiary/aromatic N) is 4. The van der Waals surface area contributed by atoms with Crippen LogP contribution < -0.4 is 0 Å². The summed E-state index contributed by atoms with van der Waals surface area (Å²) in [4.78, 5) is 0. The van der Waals surface area contributed by atoms with E-state index in [1.54, 1.807) is 0 Å². The lowest BCUT2D eigenvalue weighted by molar-refractivity contribution is 0.661. The molecule has 4 heterocycles. The number of hydrogen-bond acceptors (Lipinski definition) is 0. The zero-order valence-corrected chi connectivity index (χ0v) is 68.5. The van der Waals surface area contributed by atoms with Crippen LogP contribution in [0, 0.1) is 0 Å². The van der Waals surface area contributed by atoms with Gasteiger partial charge in [-0.1, -0.05) is 341 Å². The second kappa shape index (κ2) is 27.9. The number of para-hydroxylation sites is 2. The van der Waals surface area contributed by atoms with Gasteiger partial charge >= 0.3 is 0 Å². The lowest BCUT2D eigenvalue weighted by atomic mass is 9.67. The average molecular weight is 1580 g/mol. The van der Waals surface area contributed by atoms with Crippen molar-refractivity contribution < 1.29 is 0 Å². The summed E-state index contributed by atoms with van der Waals surface area (Å²) < 4.78 is 9.85. The molecule has 4 nitrogen and oxygen atoms in total. The van der Waals surface area contributed by atoms with Crippen LogP contribution in [-0.2, 0) is 10.8 Å². The second-order valence-electron chi connectivity index (χ2n) is 34.2. The van der Waals surface area contributed by atoms with E-state index in [9.17, 15) is 0 Å². The molecule has 0 unspecified atom stereocenters. The average Bonchev–Trinajstić information content (AvgIpc) is 1.52. The van der Waals surface area contributed by atoms with Crippen LogP contribution in [0.3, 0.4) is 0 Å². The standard InChI is InChI=1S/C65H42N2.C55H38N2/c1-4-16-43(17-5-1)45-28-33-51(34-29-45)66-61-27-15-13-25-54(61)56-39-47(31-36-62(56)66)48-32-37-63-57(40-48)58-41-55-53-24-12-14-26-59(53)65(49-20-6-2-7-21-49,50-22-8-3-9-23-50)60(55)42-64(58)67(63)52-35-30-44-18-10-11-19-46(44)38-52;1-55(2)48-18-10-8-17-45(48)53-49(55)29-28-44-47-34-40(24-31-52(47)57(54(44)53)42-27-22-36-14-6-7-15-38(36)32-42)39-23-30-51-46(33-39)43-16-9-11-19-50(43)56(51)41-25-20-37(21-26-41)35-12-4-3-5-13-35/h1-42H;3-34H,1-2H3. The third kappa shape index (κ3) is 10.8. The van der Waals surface area contributed by atoms with Crippen molar-refractivity contribution in [3.63, 3.8) is 0 Å². The number of fused-ring (bicyclic) bond motifs is 21. The molecule has 24 aromatic rings. The molecule has 0 saturated carbocycles. The molecule has 124 heavy (non-hydrogen) atoms. The van der Waals surface area contributed by atoms with Crippen LogP contribution in [0.25, 0.3) is 198 Å². The van der Waals surface area contributed by atoms with Gasteiger partial charge < -0.3 is 18.3 Å². The van der Waals surface area contributed by atoms with E-state index in [1.807, 2.05) is 0 Å². The zero-order chi connectivity index (χ0) is 81.9. The molecule has 580 valence electrons. The molecule has 0 N–H and O–H groups in total. The molecule has 4 heteroatoms. The van der Waals surface area contributed by atoms with Crippen LogP contribution in [0.1, 0.15) is 47.2 Å². The molecule has 4 aromatic heterocycles. The highest BCUT2D eigenvalue weighted by atomic mass is 15.0. The Bertz CT molecular complexity index is 8430. The van der Waals surface area contributed by atoms with E-state index >= 15 is 0 Å². The largest absolute Gasteiger partial charge is 0.309 e. The van der Waals surface area contributed by atoms with Crippen molar-refractivity contribution in [2.75, 3.05) is 0 Å². The summed E-state index contributed by atoms with van der Waals surface area (Å²) in [6, 6.07) is 166. The SMILES string of the molecule is CC1(C)c2ccccc2-c2c1ccc1c3cc(-c4ccc5c(c4)c4ccccc4n5-c4ccc(-c5ccccc5)cc4)ccc3n(-c3ccc4ccccc4c3)c21.c1ccc(-c2ccc(-n3c4ccccc4c4cc(-c5ccc6c(c5)c5cc7c(cc5n6-c5ccc6ccccc6c5)C(c5ccccc5)(c5ccccc5)c5ccccc5-7)ccc43)cc2)cc1. The van der Waals surface area contributed by atoms with Crippen molar-refractivity contribution in [3.8, 4) is 89.5 Å². The van der Waals surface area contributed by atoms with Crippen LogP contribution in [0.15, 0.2) is 449 Å². The molecule has 0 bridgehead atoms. The van der Waals surface area contributed by atoms with Crippen molar-refractivity contribution in [2.45, 2.75) is 24.7 Å². The summed E-state index contributed by atoms with van der Waals surface area (Å²) in [5, 5.41) is 15.0. The summed E-state index contributed by atoms with van der Waals surface area (Å²) in [6.07, 6.45) is 0.